The molecule has 41 heavy (non-hydrogen) atoms. The topological polar surface area (TPSA) is 95.6 Å². The summed E-state index contributed by atoms with van der Waals surface area (Å²) in [6.45, 7) is 0. The van der Waals surface area contributed by atoms with Crippen LogP contribution in [0.2, 0.25) is 10.0 Å². The highest BCUT2D eigenvalue weighted by atomic mass is 35.5. The Labute approximate surface area is 250 Å². The van der Waals surface area contributed by atoms with E-state index >= 15 is 0 Å². The number of carbonyl (C=O) groups excluding carboxylic acids is 4. The van der Waals surface area contributed by atoms with Gasteiger partial charge in [-0.05, 0) is 60.7 Å². The molecule has 0 radical (unpaired) electrons. The van der Waals surface area contributed by atoms with Crippen LogP contribution in [0.4, 0.5) is 5.69 Å². The van der Waals surface area contributed by atoms with E-state index in [0.717, 1.165) is 0 Å². The van der Waals surface area contributed by atoms with Crippen LogP contribution in [0.25, 0.3) is 6.08 Å². The lowest BCUT2D eigenvalue weighted by atomic mass is 10.1. The molecule has 0 spiro atoms. The van der Waals surface area contributed by atoms with Crippen molar-refractivity contribution < 1.29 is 19.2 Å². The third-order valence-corrected chi connectivity index (χ3v) is 7.78. The fraction of sp³-hybridized carbons (Fsp3) is 0.0323. The molecule has 4 aromatic rings. The first-order chi connectivity index (χ1) is 19.8. The van der Waals surface area contributed by atoms with Crippen LogP contribution >= 0.6 is 35.0 Å². The quantitative estimate of drug-likeness (QED) is 0.132. The molecule has 0 fully saturated rings. The fourth-order valence-corrected chi connectivity index (χ4v) is 5.50. The van der Waals surface area contributed by atoms with E-state index in [-0.39, 0.29) is 23.4 Å². The fourth-order valence-electron chi connectivity index (χ4n) is 4.09. The van der Waals surface area contributed by atoms with Gasteiger partial charge in [0.05, 0.1) is 17.0 Å². The van der Waals surface area contributed by atoms with Crippen molar-refractivity contribution in [2.24, 2.45) is 0 Å². The van der Waals surface area contributed by atoms with E-state index in [1.165, 1.54) is 22.7 Å². The van der Waals surface area contributed by atoms with Crippen molar-refractivity contribution >= 4 is 70.4 Å². The standard InChI is InChI=1S/C31H21Cl2N3O4S/c32-25-14-7-15-26(33)24(25)17-27(35-28(37)19-8-2-1-3-9-19)29(38)34-20-10-6-11-21(16-20)41-18-36-30(39)22-12-4-5-13-23(22)31(36)40/h1-17H,18H2,(H,34,38)(H,35,37)/b27-17+. The SMILES string of the molecule is O=C(Nc1cccc(SCN2C(=O)c3ccccc3C2=O)c1)/C(=C\c1c(Cl)cccc1Cl)NC(=O)c1ccccc1. The zero-order valence-electron chi connectivity index (χ0n) is 21.3. The molecule has 0 aliphatic carbocycles. The minimum atomic E-state index is -0.604. The van der Waals surface area contributed by atoms with Crippen LogP contribution in [0.3, 0.4) is 0 Å². The number of nitrogens with one attached hydrogen (secondary N) is 2. The summed E-state index contributed by atoms with van der Waals surface area (Å²) in [5.74, 6) is -1.67. The second-order valence-corrected chi connectivity index (χ2v) is 10.7. The average Bonchev–Trinajstić information content (AvgIpc) is 3.22. The number of carbonyl (C=O) groups is 4. The Morgan fingerprint density at radius 2 is 1.39 bits per heavy atom. The molecule has 204 valence electrons. The summed E-state index contributed by atoms with van der Waals surface area (Å²) in [4.78, 5) is 53.6. The maximum Gasteiger partial charge on any atom is 0.272 e. The van der Waals surface area contributed by atoms with Crippen LogP contribution in [-0.4, -0.2) is 34.4 Å². The number of nitrogens with zero attached hydrogens (tertiary/aromatic N) is 1. The number of hydrogen-bond acceptors (Lipinski definition) is 5. The van der Waals surface area contributed by atoms with Crippen LogP contribution in [0, 0.1) is 0 Å². The van der Waals surface area contributed by atoms with Crippen molar-refractivity contribution in [2.75, 3.05) is 11.2 Å². The van der Waals surface area contributed by atoms with Gasteiger partial charge < -0.3 is 10.6 Å². The largest absolute Gasteiger partial charge is 0.321 e. The summed E-state index contributed by atoms with van der Waals surface area (Å²) in [7, 11) is 0. The summed E-state index contributed by atoms with van der Waals surface area (Å²) in [5.41, 5.74) is 1.87. The molecule has 0 aromatic heterocycles. The second-order valence-electron chi connectivity index (χ2n) is 8.85. The van der Waals surface area contributed by atoms with Gasteiger partial charge in [0.2, 0.25) is 0 Å². The second kappa shape index (κ2) is 12.4. The van der Waals surface area contributed by atoms with Crippen molar-refractivity contribution in [3.05, 3.63) is 135 Å². The van der Waals surface area contributed by atoms with Crippen molar-refractivity contribution in [1.29, 1.82) is 0 Å². The number of fused-ring (bicyclic) bond motifs is 1. The number of imide groups is 1. The normalized spacial score (nSPS) is 12.7. The molecule has 0 atom stereocenters. The van der Waals surface area contributed by atoms with Gasteiger partial charge in [0, 0.05) is 31.8 Å². The van der Waals surface area contributed by atoms with Gasteiger partial charge in [-0.1, -0.05) is 65.7 Å². The highest BCUT2D eigenvalue weighted by molar-refractivity contribution is 7.99. The predicted octanol–water partition coefficient (Wildman–Crippen LogP) is 6.75. The number of anilines is 1. The van der Waals surface area contributed by atoms with E-state index in [2.05, 4.69) is 10.6 Å². The van der Waals surface area contributed by atoms with Crippen LogP contribution in [0.1, 0.15) is 36.6 Å². The van der Waals surface area contributed by atoms with E-state index in [0.29, 0.717) is 42.9 Å². The van der Waals surface area contributed by atoms with Crippen molar-refractivity contribution in [3.8, 4) is 0 Å². The number of rotatable bonds is 8. The van der Waals surface area contributed by atoms with E-state index < -0.39 is 11.8 Å². The highest BCUT2D eigenvalue weighted by Gasteiger charge is 2.34. The molecule has 0 unspecified atom stereocenters. The van der Waals surface area contributed by atoms with E-state index in [1.807, 2.05) is 0 Å². The zero-order chi connectivity index (χ0) is 28.9. The average molecular weight is 602 g/mol. The molecular weight excluding hydrogens is 581 g/mol. The molecule has 1 aliphatic heterocycles. The van der Waals surface area contributed by atoms with Crippen molar-refractivity contribution in [1.82, 2.24) is 10.2 Å². The Balaban J connectivity index is 1.34. The first kappa shape index (κ1) is 28.2. The summed E-state index contributed by atoms with van der Waals surface area (Å²) < 4.78 is 0. The lowest BCUT2D eigenvalue weighted by Gasteiger charge is -2.15. The van der Waals surface area contributed by atoms with Gasteiger partial charge in [-0.15, -0.1) is 11.8 Å². The number of hydrogen-bond donors (Lipinski definition) is 2. The molecule has 10 heteroatoms. The highest BCUT2D eigenvalue weighted by Crippen LogP contribution is 2.29. The van der Waals surface area contributed by atoms with Gasteiger partial charge in [-0.25, -0.2) is 0 Å². The molecule has 4 amide bonds. The molecule has 0 saturated heterocycles. The molecule has 1 heterocycles. The first-order valence-electron chi connectivity index (χ1n) is 12.3. The Morgan fingerprint density at radius 3 is 2.05 bits per heavy atom. The third kappa shape index (κ3) is 6.36. The monoisotopic (exact) mass is 601 g/mol. The van der Waals surface area contributed by atoms with E-state index in [9.17, 15) is 19.2 Å². The minimum absolute atomic E-state index is 0.0714. The first-order valence-corrected chi connectivity index (χ1v) is 14.1. The van der Waals surface area contributed by atoms with Crippen LogP contribution in [-0.2, 0) is 4.79 Å². The zero-order valence-corrected chi connectivity index (χ0v) is 23.6. The Kier molecular flexibility index (Phi) is 8.54. The van der Waals surface area contributed by atoms with Gasteiger partial charge in [0.25, 0.3) is 23.6 Å². The molecule has 5 rings (SSSR count). The molecule has 7 nitrogen and oxygen atoms in total. The van der Waals surface area contributed by atoms with Gasteiger partial charge in [0.15, 0.2) is 0 Å². The Morgan fingerprint density at radius 1 is 0.780 bits per heavy atom. The number of benzene rings is 4. The number of thioether (sulfide) groups is 1. The Bertz CT molecular complexity index is 1650. The summed E-state index contributed by atoms with van der Waals surface area (Å²) in [5, 5.41) is 6.06. The maximum absolute atomic E-state index is 13.4. The lowest BCUT2D eigenvalue weighted by molar-refractivity contribution is -0.113. The molecule has 2 N–H and O–H groups in total. The minimum Gasteiger partial charge on any atom is -0.321 e. The Hall–Kier alpha value is -4.37. The molecular formula is C31H21Cl2N3O4S. The maximum atomic E-state index is 13.4. The summed E-state index contributed by atoms with van der Waals surface area (Å²) >= 11 is 13.9. The van der Waals surface area contributed by atoms with Gasteiger partial charge in [-0.3, -0.25) is 24.1 Å². The molecule has 1 aliphatic rings. The summed E-state index contributed by atoms with van der Waals surface area (Å²) in [6, 6.07) is 27.0. The smallest absolute Gasteiger partial charge is 0.272 e. The van der Waals surface area contributed by atoms with Gasteiger partial charge in [0.1, 0.15) is 5.70 Å². The van der Waals surface area contributed by atoms with Gasteiger partial charge in [-0.2, -0.15) is 0 Å². The number of amides is 4. The van der Waals surface area contributed by atoms with E-state index in [1.54, 1.807) is 97.1 Å². The molecule has 0 saturated carbocycles. The third-order valence-electron chi connectivity index (χ3n) is 6.15. The van der Waals surface area contributed by atoms with Crippen molar-refractivity contribution in [2.45, 2.75) is 4.90 Å². The number of halogens is 2. The van der Waals surface area contributed by atoms with Crippen LogP contribution < -0.4 is 10.6 Å². The van der Waals surface area contributed by atoms with E-state index in [4.69, 9.17) is 23.2 Å². The molecule has 4 aromatic carbocycles. The van der Waals surface area contributed by atoms with Crippen LogP contribution in [0.15, 0.2) is 108 Å². The predicted molar refractivity (Wildman–Crippen MR) is 161 cm³/mol. The summed E-state index contributed by atoms with van der Waals surface area (Å²) in [6.07, 6.45) is 1.42. The molecule has 0 bridgehead atoms. The lowest BCUT2D eigenvalue weighted by Crippen LogP contribution is -2.30. The van der Waals surface area contributed by atoms with Crippen molar-refractivity contribution in [3.63, 3.8) is 0 Å². The van der Waals surface area contributed by atoms with Gasteiger partial charge >= 0.3 is 0 Å². The van der Waals surface area contributed by atoms with Crippen LogP contribution in [0.5, 0.6) is 0 Å².